The van der Waals surface area contributed by atoms with Gasteiger partial charge in [-0.15, -0.1) is 0 Å². The molecular formula is C14H23N3O2S. The highest BCUT2D eigenvalue weighted by molar-refractivity contribution is 7.89. The summed E-state index contributed by atoms with van der Waals surface area (Å²) in [6.07, 6.45) is 1.07. The molecule has 2 rings (SSSR count). The molecule has 2 atom stereocenters. The zero-order chi connectivity index (χ0) is 14.9. The van der Waals surface area contributed by atoms with Gasteiger partial charge >= 0.3 is 0 Å². The summed E-state index contributed by atoms with van der Waals surface area (Å²) >= 11 is 0. The van der Waals surface area contributed by atoms with Crippen molar-refractivity contribution in [2.45, 2.75) is 24.3 Å². The van der Waals surface area contributed by atoms with Gasteiger partial charge in [0.2, 0.25) is 10.0 Å². The van der Waals surface area contributed by atoms with Gasteiger partial charge in [-0.25, -0.2) is 12.7 Å². The van der Waals surface area contributed by atoms with Gasteiger partial charge in [0.05, 0.1) is 4.90 Å². The molecule has 0 spiro atoms. The van der Waals surface area contributed by atoms with Crippen LogP contribution in [0.15, 0.2) is 29.2 Å². The molecule has 20 heavy (non-hydrogen) atoms. The standard InChI is InChI=1S/C14H23N3O2S/c1-11-8-9-17(10-14(11)15)12-4-6-13(7-5-12)20(18,19)16(2)3/h4-7,11,14H,8-10,15H2,1-3H3. The van der Waals surface area contributed by atoms with Crippen LogP contribution in [0, 0.1) is 5.92 Å². The fourth-order valence-electron chi connectivity index (χ4n) is 2.37. The highest BCUT2D eigenvalue weighted by Gasteiger charge is 2.24. The zero-order valence-corrected chi connectivity index (χ0v) is 13.1. The van der Waals surface area contributed by atoms with Gasteiger partial charge in [0.15, 0.2) is 0 Å². The Balaban J connectivity index is 2.17. The maximum Gasteiger partial charge on any atom is 0.242 e. The fourth-order valence-corrected chi connectivity index (χ4v) is 3.28. The largest absolute Gasteiger partial charge is 0.370 e. The van der Waals surface area contributed by atoms with E-state index in [1.807, 2.05) is 12.1 Å². The number of rotatable bonds is 3. The first kappa shape index (κ1) is 15.3. The van der Waals surface area contributed by atoms with Crippen LogP contribution >= 0.6 is 0 Å². The summed E-state index contributed by atoms with van der Waals surface area (Å²) in [7, 11) is -0.282. The molecule has 0 amide bonds. The Morgan fingerprint density at radius 1 is 1.25 bits per heavy atom. The number of hydrogen-bond donors (Lipinski definition) is 1. The molecule has 1 heterocycles. The summed E-state index contributed by atoms with van der Waals surface area (Å²) in [6, 6.07) is 7.22. The SMILES string of the molecule is CC1CCN(c2ccc(S(=O)(=O)N(C)C)cc2)CC1N. The molecule has 1 aliphatic rings. The molecule has 0 aliphatic carbocycles. The van der Waals surface area contributed by atoms with Gasteiger partial charge in [-0.3, -0.25) is 0 Å². The Hall–Kier alpha value is -1.11. The van der Waals surface area contributed by atoms with E-state index in [1.54, 1.807) is 12.1 Å². The average Bonchev–Trinajstić information content (AvgIpc) is 2.42. The lowest BCUT2D eigenvalue weighted by atomic mass is 9.94. The van der Waals surface area contributed by atoms with Crippen LogP contribution < -0.4 is 10.6 Å². The minimum atomic E-state index is -3.35. The number of nitrogens with zero attached hydrogens (tertiary/aromatic N) is 2. The summed E-state index contributed by atoms with van der Waals surface area (Å²) in [5, 5.41) is 0. The van der Waals surface area contributed by atoms with Crippen molar-refractivity contribution in [2.75, 3.05) is 32.1 Å². The van der Waals surface area contributed by atoms with E-state index in [2.05, 4.69) is 11.8 Å². The van der Waals surface area contributed by atoms with Crippen molar-refractivity contribution < 1.29 is 8.42 Å². The van der Waals surface area contributed by atoms with Crippen LogP contribution in [0.2, 0.25) is 0 Å². The van der Waals surface area contributed by atoms with E-state index in [0.717, 1.165) is 25.2 Å². The van der Waals surface area contributed by atoms with Crippen LogP contribution in [0.4, 0.5) is 5.69 Å². The molecule has 1 aromatic carbocycles. The molecule has 5 nitrogen and oxygen atoms in total. The average molecular weight is 297 g/mol. The van der Waals surface area contributed by atoms with Crippen LogP contribution in [-0.2, 0) is 10.0 Å². The number of anilines is 1. The van der Waals surface area contributed by atoms with Crippen molar-refractivity contribution in [3.8, 4) is 0 Å². The van der Waals surface area contributed by atoms with Gasteiger partial charge in [-0.1, -0.05) is 6.92 Å². The van der Waals surface area contributed by atoms with Crippen molar-refractivity contribution in [3.05, 3.63) is 24.3 Å². The van der Waals surface area contributed by atoms with E-state index in [-0.39, 0.29) is 6.04 Å². The molecule has 2 unspecified atom stereocenters. The summed E-state index contributed by atoms with van der Waals surface area (Å²) < 4.78 is 25.2. The van der Waals surface area contributed by atoms with Crippen LogP contribution in [0.3, 0.4) is 0 Å². The van der Waals surface area contributed by atoms with Gasteiger partial charge in [0, 0.05) is 38.9 Å². The van der Waals surface area contributed by atoms with E-state index in [9.17, 15) is 8.42 Å². The van der Waals surface area contributed by atoms with Crippen LogP contribution in [0.25, 0.3) is 0 Å². The highest BCUT2D eigenvalue weighted by atomic mass is 32.2. The van der Waals surface area contributed by atoms with Gasteiger partial charge in [0.1, 0.15) is 0 Å². The maximum atomic E-state index is 12.0. The van der Waals surface area contributed by atoms with Crippen LogP contribution in [0.1, 0.15) is 13.3 Å². The number of benzene rings is 1. The smallest absolute Gasteiger partial charge is 0.242 e. The molecule has 0 radical (unpaired) electrons. The second-order valence-corrected chi connectivity index (χ2v) is 7.81. The van der Waals surface area contributed by atoms with E-state index >= 15 is 0 Å². The lowest BCUT2D eigenvalue weighted by molar-refractivity contribution is 0.379. The third-order valence-electron chi connectivity index (χ3n) is 4.00. The Kier molecular flexibility index (Phi) is 4.36. The van der Waals surface area contributed by atoms with Crippen molar-refractivity contribution >= 4 is 15.7 Å². The lowest BCUT2D eigenvalue weighted by Crippen LogP contribution is -2.47. The Morgan fingerprint density at radius 2 is 1.85 bits per heavy atom. The van der Waals surface area contributed by atoms with Crippen LogP contribution in [-0.4, -0.2) is 45.9 Å². The van der Waals surface area contributed by atoms with E-state index in [1.165, 1.54) is 18.4 Å². The number of piperidine rings is 1. The Morgan fingerprint density at radius 3 is 2.35 bits per heavy atom. The number of sulfonamides is 1. The Labute approximate surface area is 121 Å². The van der Waals surface area contributed by atoms with Gasteiger partial charge in [0.25, 0.3) is 0 Å². The molecule has 2 N–H and O–H groups in total. The van der Waals surface area contributed by atoms with Crippen LogP contribution in [0.5, 0.6) is 0 Å². The second-order valence-electron chi connectivity index (χ2n) is 5.66. The summed E-state index contributed by atoms with van der Waals surface area (Å²) in [6.45, 7) is 3.96. The van der Waals surface area contributed by atoms with Crippen molar-refractivity contribution in [1.29, 1.82) is 0 Å². The van der Waals surface area contributed by atoms with Crippen molar-refractivity contribution in [3.63, 3.8) is 0 Å². The highest BCUT2D eigenvalue weighted by Crippen LogP contribution is 2.24. The van der Waals surface area contributed by atoms with E-state index in [4.69, 9.17) is 5.73 Å². The topological polar surface area (TPSA) is 66.6 Å². The van der Waals surface area contributed by atoms with Gasteiger partial charge in [-0.05, 0) is 36.6 Å². The first-order valence-corrected chi connectivity index (χ1v) is 8.29. The normalized spacial score (nSPS) is 24.1. The molecule has 0 aromatic heterocycles. The summed E-state index contributed by atoms with van der Waals surface area (Å²) in [5.74, 6) is 0.541. The first-order chi connectivity index (χ1) is 9.32. The molecule has 6 heteroatoms. The maximum absolute atomic E-state index is 12.0. The Bertz CT molecular complexity index is 554. The first-order valence-electron chi connectivity index (χ1n) is 6.85. The molecule has 112 valence electrons. The molecule has 0 saturated carbocycles. The molecule has 1 aliphatic heterocycles. The predicted octanol–water partition coefficient (Wildman–Crippen LogP) is 1.11. The minimum Gasteiger partial charge on any atom is -0.370 e. The molecule has 0 bridgehead atoms. The number of nitrogens with two attached hydrogens (primary N) is 1. The molecule has 1 saturated heterocycles. The fraction of sp³-hybridized carbons (Fsp3) is 0.571. The van der Waals surface area contributed by atoms with Crippen molar-refractivity contribution in [2.24, 2.45) is 11.7 Å². The zero-order valence-electron chi connectivity index (χ0n) is 12.3. The lowest BCUT2D eigenvalue weighted by Gasteiger charge is -2.36. The monoisotopic (exact) mass is 297 g/mol. The van der Waals surface area contributed by atoms with E-state index < -0.39 is 10.0 Å². The third-order valence-corrected chi connectivity index (χ3v) is 5.83. The molecule has 1 aromatic rings. The van der Waals surface area contributed by atoms with Crippen molar-refractivity contribution in [1.82, 2.24) is 4.31 Å². The quantitative estimate of drug-likeness (QED) is 0.907. The van der Waals surface area contributed by atoms with Gasteiger partial charge in [-0.2, -0.15) is 0 Å². The molecule has 1 fully saturated rings. The third kappa shape index (κ3) is 2.97. The minimum absolute atomic E-state index is 0.175. The predicted molar refractivity (Wildman–Crippen MR) is 81.3 cm³/mol. The second kappa shape index (κ2) is 5.71. The van der Waals surface area contributed by atoms with Gasteiger partial charge < -0.3 is 10.6 Å². The summed E-state index contributed by atoms with van der Waals surface area (Å²) in [4.78, 5) is 2.54. The molecular weight excluding hydrogens is 274 g/mol. The van der Waals surface area contributed by atoms with E-state index in [0.29, 0.717) is 10.8 Å². The number of hydrogen-bond acceptors (Lipinski definition) is 4. The summed E-state index contributed by atoms with van der Waals surface area (Å²) in [5.41, 5.74) is 7.13.